The minimum absolute atomic E-state index is 0.0405. The number of hydrogen-bond acceptors (Lipinski definition) is 6. The van der Waals surface area contributed by atoms with Crippen molar-refractivity contribution in [3.8, 4) is 11.8 Å². The zero-order valence-electron chi connectivity index (χ0n) is 18.7. The fourth-order valence-electron chi connectivity index (χ4n) is 4.56. The van der Waals surface area contributed by atoms with Crippen LogP contribution in [0.15, 0.2) is 41.6 Å². The van der Waals surface area contributed by atoms with Gasteiger partial charge in [0.25, 0.3) is 0 Å². The summed E-state index contributed by atoms with van der Waals surface area (Å²) in [5.74, 6) is 0.493. The molecule has 1 fully saturated rings. The van der Waals surface area contributed by atoms with Crippen molar-refractivity contribution < 1.29 is 13.2 Å². The molecule has 33 heavy (non-hydrogen) atoms. The van der Waals surface area contributed by atoms with Crippen LogP contribution in [-0.4, -0.2) is 48.6 Å². The Morgan fingerprint density at radius 3 is 2.82 bits per heavy atom. The predicted octanol–water partition coefficient (Wildman–Crippen LogP) is 3.28. The van der Waals surface area contributed by atoms with E-state index in [2.05, 4.69) is 16.4 Å². The van der Waals surface area contributed by atoms with Crippen molar-refractivity contribution in [3.63, 3.8) is 0 Å². The van der Waals surface area contributed by atoms with Gasteiger partial charge in [0.05, 0.1) is 17.0 Å². The van der Waals surface area contributed by atoms with E-state index in [1.807, 2.05) is 38.5 Å². The van der Waals surface area contributed by atoms with Gasteiger partial charge in [0.1, 0.15) is 17.7 Å². The molecule has 8 nitrogen and oxygen atoms in total. The Hall–Kier alpha value is -3.35. The van der Waals surface area contributed by atoms with Gasteiger partial charge in [-0.1, -0.05) is 0 Å². The van der Waals surface area contributed by atoms with Gasteiger partial charge in [0.15, 0.2) is 15.6 Å². The van der Waals surface area contributed by atoms with Crippen LogP contribution >= 0.6 is 0 Å². The van der Waals surface area contributed by atoms with E-state index in [4.69, 9.17) is 9.84 Å². The summed E-state index contributed by atoms with van der Waals surface area (Å²) in [7, 11) is -1.51. The van der Waals surface area contributed by atoms with E-state index in [-0.39, 0.29) is 12.6 Å². The molecular weight excluding hydrogens is 438 g/mol. The Morgan fingerprint density at radius 2 is 2.12 bits per heavy atom. The first-order chi connectivity index (χ1) is 15.8. The summed E-state index contributed by atoms with van der Waals surface area (Å²) in [6.45, 7) is 2.17. The first-order valence-electron chi connectivity index (χ1n) is 10.8. The standard InChI is InChI=1S/C24H25N5O3S/c1-14-8-21(33(3,30)31)20(19-6-7-27-22(14)19)13-29-12-16-5-4-15(11-25)24(23(16)28-29)32-18-9-17(10-18)26-2/h4-8,12,17-18,26-27H,9-10,13H2,1-3H3. The fraction of sp³-hybridized carbons (Fsp3) is 0.333. The number of hydrogen-bond donors (Lipinski definition) is 2. The number of rotatable bonds is 6. The molecule has 1 saturated carbocycles. The number of fused-ring (bicyclic) bond motifs is 2. The minimum atomic E-state index is -3.44. The lowest BCUT2D eigenvalue weighted by molar-refractivity contribution is 0.0895. The zero-order valence-corrected chi connectivity index (χ0v) is 19.5. The first kappa shape index (κ1) is 21.5. The average molecular weight is 464 g/mol. The summed E-state index contributed by atoms with van der Waals surface area (Å²) in [6.07, 6.45) is 6.71. The molecular formula is C24H25N5O3S. The quantitative estimate of drug-likeness (QED) is 0.454. The Labute approximate surface area is 192 Å². The van der Waals surface area contributed by atoms with E-state index in [1.54, 1.807) is 16.8 Å². The molecule has 0 bridgehead atoms. The monoisotopic (exact) mass is 463 g/mol. The number of benzene rings is 2. The molecule has 2 aromatic heterocycles. The molecule has 0 spiro atoms. The van der Waals surface area contributed by atoms with Gasteiger partial charge < -0.3 is 15.0 Å². The second-order valence-corrected chi connectivity index (χ2v) is 10.7. The van der Waals surface area contributed by atoms with E-state index >= 15 is 0 Å². The smallest absolute Gasteiger partial charge is 0.175 e. The third-order valence-corrected chi connectivity index (χ3v) is 7.58. The van der Waals surface area contributed by atoms with Crippen molar-refractivity contribution in [2.24, 2.45) is 0 Å². The number of ether oxygens (including phenoxy) is 1. The number of nitriles is 1. The Morgan fingerprint density at radius 1 is 1.33 bits per heavy atom. The average Bonchev–Trinajstić information content (AvgIpc) is 3.38. The van der Waals surface area contributed by atoms with Crippen molar-refractivity contribution in [3.05, 3.63) is 53.3 Å². The maximum absolute atomic E-state index is 12.6. The molecule has 0 atom stereocenters. The minimum Gasteiger partial charge on any atom is -0.487 e. The first-order valence-corrected chi connectivity index (χ1v) is 12.7. The summed E-state index contributed by atoms with van der Waals surface area (Å²) in [5.41, 5.74) is 3.53. The fourth-order valence-corrected chi connectivity index (χ4v) is 5.57. The van der Waals surface area contributed by atoms with Gasteiger partial charge in [-0.05, 0) is 56.6 Å². The number of H-pyrrole nitrogens is 1. The summed E-state index contributed by atoms with van der Waals surface area (Å²) in [5, 5.41) is 19.3. The van der Waals surface area contributed by atoms with Crippen LogP contribution in [0.4, 0.5) is 0 Å². The topological polar surface area (TPSA) is 113 Å². The van der Waals surface area contributed by atoms with Gasteiger partial charge in [-0.25, -0.2) is 8.42 Å². The lowest BCUT2D eigenvalue weighted by Gasteiger charge is -2.35. The van der Waals surface area contributed by atoms with Crippen LogP contribution in [0, 0.1) is 18.3 Å². The maximum atomic E-state index is 12.6. The molecule has 0 unspecified atom stereocenters. The number of sulfone groups is 1. The molecule has 9 heteroatoms. The highest BCUT2D eigenvalue weighted by molar-refractivity contribution is 7.90. The van der Waals surface area contributed by atoms with E-state index < -0.39 is 9.84 Å². The summed E-state index contributed by atoms with van der Waals surface area (Å²) >= 11 is 0. The normalized spacial score (nSPS) is 18.4. The molecule has 4 aromatic rings. The maximum Gasteiger partial charge on any atom is 0.175 e. The van der Waals surface area contributed by atoms with Gasteiger partial charge in [-0.2, -0.15) is 10.4 Å². The molecule has 0 saturated heterocycles. The number of nitrogens with one attached hydrogen (secondary N) is 2. The molecule has 1 aliphatic carbocycles. The van der Waals surface area contributed by atoms with Crippen LogP contribution < -0.4 is 10.1 Å². The lowest BCUT2D eigenvalue weighted by atomic mass is 9.89. The molecule has 2 aromatic carbocycles. The second-order valence-electron chi connectivity index (χ2n) is 8.72. The van der Waals surface area contributed by atoms with Gasteiger partial charge in [-0.3, -0.25) is 4.68 Å². The van der Waals surface area contributed by atoms with E-state index in [0.717, 1.165) is 34.7 Å². The van der Waals surface area contributed by atoms with E-state index in [9.17, 15) is 13.7 Å². The SMILES string of the molecule is CNC1CC(Oc2c(C#N)ccc3cn(Cc4c(S(C)(=O)=O)cc(C)c5[nH]ccc45)nc23)C1. The van der Waals surface area contributed by atoms with E-state index in [0.29, 0.717) is 33.3 Å². The van der Waals surface area contributed by atoms with Crippen molar-refractivity contribution >= 4 is 31.6 Å². The van der Waals surface area contributed by atoms with Crippen LogP contribution in [0.3, 0.4) is 0 Å². The van der Waals surface area contributed by atoms with Crippen LogP contribution in [0.5, 0.6) is 5.75 Å². The third kappa shape index (κ3) is 3.75. The molecule has 1 aliphatic rings. The highest BCUT2D eigenvalue weighted by Crippen LogP contribution is 2.34. The van der Waals surface area contributed by atoms with Crippen LogP contribution in [0.25, 0.3) is 21.8 Å². The molecule has 5 rings (SSSR count). The van der Waals surface area contributed by atoms with Gasteiger partial charge >= 0.3 is 0 Å². The highest BCUT2D eigenvalue weighted by Gasteiger charge is 2.31. The zero-order chi connectivity index (χ0) is 23.3. The second kappa shape index (κ2) is 7.90. The van der Waals surface area contributed by atoms with Crippen molar-refractivity contribution in [2.75, 3.05) is 13.3 Å². The predicted molar refractivity (Wildman–Crippen MR) is 126 cm³/mol. The summed E-state index contributed by atoms with van der Waals surface area (Å²) in [6, 6.07) is 9.84. The number of aryl methyl sites for hydroxylation is 1. The van der Waals surface area contributed by atoms with Gasteiger partial charge in [-0.15, -0.1) is 0 Å². The number of aromatic nitrogens is 3. The van der Waals surface area contributed by atoms with Crippen molar-refractivity contribution in [1.82, 2.24) is 20.1 Å². The van der Waals surface area contributed by atoms with Crippen LogP contribution in [0.1, 0.15) is 29.5 Å². The van der Waals surface area contributed by atoms with Gasteiger partial charge in [0.2, 0.25) is 0 Å². The molecule has 2 N–H and O–H groups in total. The lowest BCUT2D eigenvalue weighted by Crippen LogP contribution is -2.45. The van der Waals surface area contributed by atoms with Crippen LogP contribution in [-0.2, 0) is 16.4 Å². The third-order valence-electron chi connectivity index (χ3n) is 6.42. The van der Waals surface area contributed by atoms with Crippen molar-refractivity contribution in [2.45, 2.75) is 43.4 Å². The molecule has 0 amide bonds. The van der Waals surface area contributed by atoms with E-state index in [1.165, 1.54) is 6.26 Å². The summed E-state index contributed by atoms with van der Waals surface area (Å²) in [4.78, 5) is 3.50. The Bertz CT molecular complexity index is 1520. The molecule has 2 heterocycles. The highest BCUT2D eigenvalue weighted by atomic mass is 32.2. The number of nitrogens with zero attached hydrogens (tertiary/aromatic N) is 3. The van der Waals surface area contributed by atoms with Gasteiger partial charge in [0, 0.05) is 46.5 Å². The number of aromatic amines is 1. The Balaban J connectivity index is 1.58. The Kier molecular flexibility index (Phi) is 5.15. The summed E-state index contributed by atoms with van der Waals surface area (Å²) < 4.78 is 33.1. The van der Waals surface area contributed by atoms with Crippen LogP contribution in [0.2, 0.25) is 0 Å². The molecule has 170 valence electrons. The molecule has 0 radical (unpaired) electrons. The molecule has 0 aliphatic heterocycles. The largest absolute Gasteiger partial charge is 0.487 e. The van der Waals surface area contributed by atoms with Crippen molar-refractivity contribution in [1.29, 1.82) is 5.26 Å².